The summed E-state index contributed by atoms with van der Waals surface area (Å²) in [5.74, 6) is 3.34. The molecule has 4 fully saturated rings. The number of carbonyl (C=O) groups excluding carboxylic acids is 1. The van der Waals surface area contributed by atoms with Gasteiger partial charge < -0.3 is 19.8 Å². The van der Waals surface area contributed by atoms with Gasteiger partial charge in [-0.3, -0.25) is 4.79 Å². The third-order valence-electron chi connectivity index (χ3n) is 11.9. The Morgan fingerprint density at radius 1 is 1.03 bits per heavy atom. The fourth-order valence-electron chi connectivity index (χ4n) is 9.61. The second-order valence-corrected chi connectivity index (χ2v) is 13.1. The monoisotopic (exact) mass is 491 g/mol. The molecule has 10 atom stereocenters. The Labute approximate surface area is 214 Å². The summed E-state index contributed by atoms with van der Waals surface area (Å²) in [6, 6.07) is 0. The van der Waals surface area contributed by atoms with Crippen molar-refractivity contribution in [3.8, 4) is 0 Å². The number of likely N-dealkylation sites (N-methyl/N-ethyl adjacent to an activating group) is 1. The first-order valence-corrected chi connectivity index (χ1v) is 14.9. The average molecular weight is 492 g/mol. The highest BCUT2D eigenvalue weighted by Gasteiger charge is 2.63. The van der Waals surface area contributed by atoms with E-state index in [1.54, 1.807) is 0 Å². The number of fused-ring (bicyclic) bond motifs is 5. The van der Waals surface area contributed by atoms with Crippen molar-refractivity contribution in [3.63, 3.8) is 0 Å². The Morgan fingerprint density at radius 2 is 1.77 bits per heavy atom. The molecule has 0 amide bonds. The second kappa shape index (κ2) is 11.0. The maximum atomic E-state index is 12.4. The van der Waals surface area contributed by atoms with Gasteiger partial charge in [0.1, 0.15) is 6.61 Å². The van der Waals surface area contributed by atoms with Gasteiger partial charge in [-0.25, -0.2) is 0 Å². The van der Waals surface area contributed by atoms with Crippen LogP contribution in [0.2, 0.25) is 0 Å². The average Bonchev–Trinajstić information content (AvgIpc) is 3.20. The van der Waals surface area contributed by atoms with Crippen LogP contribution in [0, 0.1) is 46.3 Å². The largest absolute Gasteiger partial charge is 0.464 e. The molecule has 4 aliphatic rings. The van der Waals surface area contributed by atoms with Gasteiger partial charge in [0.2, 0.25) is 0 Å². The second-order valence-electron chi connectivity index (χ2n) is 13.1. The quantitative estimate of drug-likeness (QED) is 0.430. The van der Waals surface area contributed by atoms with E-state index in [4.69, 9.17) is 4.74 Å². The third-order valence-corrected chi connectivity index (χ3v) is 11.9. The maximum Gasteiger partial charge on any atom is 0.305 e. The highest BCUT2D eigenvalue weighted by atomic mass is 16.5. The Hall–Kier alpha value is -0.650. The van der Waals surface area contributed by atoms with Gasteiger partial charge >= 0.3 is 5.97 Å². The van der Waals surface area contributed by atoms with E-state index in [1.807, 2.05) is 0 Å². The lowest BCUT2D eigenvalue weighted by molar-refractivity contribution is -0.175. The van der Waals surface area contributed by atoms with Crippen molar-refractivity contribution < 1.29 is 19.7 Å². The molecule has 5 nitrogen and oxygen atoms in total. The van der Waals surface area contributed by atoms with Gasteiger partial charge in [-0.15, -0.1) is 0 Å². The van der Waals surface area contributed by atoms with E-state index in [1.165, 1.54) is 25.7 Å². The molecule has 0 spiro atoms. The number of ether oxygens (including phenoxy) is 1. The highest BCUT2D eigenvalue weighted by molar-refractivity contribution is 5.69. The van der Waals surface area contributed by atoms with Crippen LogP contribution in [-0.2, 0) is 9.53 Å². The lowest BCUT2D eigenvalue weighted by Gasteiger charge is -2.62. The number of hydrogen-bond acceptors (Lipinski definition) is 5. The van der Waals surface area contributed by atoms with Gasteiger partial charge in [0.25, 0.3) is 0 Å². The summed E-state index contributed by atoms with van der Waals surface area (Å²) in [5.41, 5.74) is 0.244. The Bertz CT molecular complexity index is 725. The number of esters is 1. The fourth-order valence-corrected chi connectivity index (χ4v) is 9.61. The first-order chi connectivity index (χ1) is 16.6. The van der Waals surface area contributed by atoms with Crippen LogP contribution in [0.1, 0.15) is 98.8 Å². The number of aliphatic hydroxyl groups excluding tert-OH is 2. The van der Waals surface area contributed by atoms with Crippen LogP contribution in [0.25, 0.3) is 0 Å². The predicted molar refractivity (Wildman–Crippen MR) is 140 cm³/mol. The van der Waals surface area contributed by atoms with Gasteiger partial charge in [-0.05, 0) is 117 Å². The molecule has 35 heavy (non-hydrogen) atoms. The molecule has 0 aliphatic heterocycles. The molecule has 0 bridgehead atoms. The molecule has 5 heteroatoms. The molecular weight excluding hydrogens is 438 g/mol. The van der Waals surface area contributed by atoms with Gasteiger partial charge in [0.05, 0.1) is 12.2 Å². The molecule has 0 aromatic heterocycles. The normalized spacial score (nSPS) is 43.8. The first kappa shape index (κ1) is 27.4. The zero-order valence-corrected chi connectivity index (χ0v) is 23.2. The van der Waals surface area contributed by atoms with Crippen molar-refractivity contribution in [3.05, 3.63) is 0 Å². The van der Waals surface area contributed by atoms with E-state index < -0.39 is 0 Å². The van der Waals surface area contributed by atoms with Crippen LogP contribution in [0.3, 0.4) is 0 Å². The van der Waals surface area contributed by atoms with Crippen molar-refractivity contribution in [1.82, 2.24) is 4.90 Å². The zero-order chi connectivity index (χ0) is 25.4. The molecule has 0 unspecified atom stereocenters. The van der Waals surface area contributed by atoms with E-state index in [0.717, 1.165) is 51.7 Å². The summed E-state index contributed by atoms with van der Waals surface area (Å²) in [5, 5.41) is 22.0. The van der Waals surface area contributed by atoms with Crippen molar-refractivity contribution >= 4 is 5.97 Å². The predicted octanol–water partition coefficient (Wildman–Crippen LogP) is 5.28. The summed E-state index contributed by atoms with van der Waals surface area (Å²) in [6.07, 6.45) is 9.82. The number of hydrogen-bond donors (Lipinski definition) is 2. The number of nitrogens with zero attached hydrogens (tertiary/aromatic N) is 1. The van der Waals surface area contributed by atoms with E-state index in [9.17, 15) is 15.0 Å². The van der Waals surface area contributed by atoms with Crippen LogP contribution in [0.4, 0.5) is 0 Å². The van der Waals surface area contributed by atoms with E-state index in [-0.39, 0.29) is 29.0 Å². The third kappa shape index (κ3) is 5.08. The molecule has 4 aliphatic carbocycles. The minimum atomic E-state index is -0.257. The molecule has 4 saturated carbocycles. The maximum absolute atomic E-state index is 12.4. The molecular formula is C30H53NO4. The van der Waals surface area contributed by atoms with Gasteiger partial charge in [0.15, 0.2) is 0 Å². The summed E-state index contributed by atoms with van der Waals surface area (Å²) in [4.78, 5) is 14.7. The first-order valence-electron chi connectivity index (χ1n) is 14.9. The smallest absolute Gasteiger partial charge is 0.305 e. The topological polar surface area (TPSA) is 70.0 Å². The van der Waals surface area contributed by atoms with Gasteiger partial charge in [-0.2, -0.15) is 0 Å². The lowest BCUT2D eigenvalue weighted by atomic mass is 9.43. The molecule has 0 radical (unpaired) electrons. The SMILES string of the molecule is CCN(CC)CCOC(=O)CC[C@@H](C)[C@H]1CC[C@H]2[C@@H]3CC[C@@H]4C[C@H](O)CC[C@]4(C)[C@H]3C[C@H](O)[C@]12C. The standard InChI is InChI=1S/C30H53NO4/c1-6-31(7-2)16-17-35-28(34)13-8-20(3)24-11-12-25-23-10-9-21-18-22(32)14-15-29(21,4)26(23)19-27(33)30(24,25)5/h20-27,32-33H,6-19H2,1-5H3/t20-,21-,22-,23+,24-,25+,26+,27+,29+,30-/m1/s1. The molecule has 0 saturated heterocycles. The van der Waals surface area contributed by atoms with Crippen molar-refractivity contribution in [2.45, 2.75) is 111 Å². The Balaban J connectivity index is 1.36. The number of rotatable bonds is 9. The minimum absolute atomic E-state index is 0.0371. The highest BCUT2D eigenvalue weighted by Crippen LogP contribution is 2.68. The van der Waals surface area contributed by atoms with Gasteiger partial charge in [-0.1, -0.05) is 34.6 Å². The molecule has 202 valence electrons. The molecule has 0 heterocycles. The summed E-state index contributed by atoms with van der Waals surface area (Å²) in [7, 11) is 0. The minimum Gasteiger partial charge on any atom is -0.464 e. The number of carbonyl (C=O) groups is 1. The molecule has 2 N–H and O–H groups in total. The van der Waals surface area contributed by atoms with Crippen molar-refractivity contribution in [2.24, 2.45) is 46.3 Å². The molecule has 0 aromatic rings. The van der Waals surface area contributed by atoms with Crippen LogP contribution < -0.4 is 0 Å². The molecule has 4 rings (SSSR count). The van der Waals surface area contributed by atoms with E-state index >= 15 is 0 Å². The van der Waals surface area contributed by atoms with Crippen LogP contribution >= 0.6 is 0 Å². The van der Waals surface area contributed by atoms with Crippen LogP contribution in [0.15, 0.2) is 0 Å². The number of aliphatic hydroxyl groups is 2. The van der Waals surface area contributed by atoms with Crippen molar-refractivity contribution in [1.29, 1.82) is 0 Å². The van der Waals surface area contributed by atoms with E-state index in [2.05, 4.69) is 39.5 Å². The Morgan fingerprint density at radius 3 is 2.49 bits per heavy atom. The van der Waals surface area contributed by atoms with Crippen LogP contribution in [-0.4, -0.2) is 59.5 Å². The molecule has 0 aromatic carbocycles. The summed E-state index contributed by atoms with van der Waals surface area (Å²) >= 11 is 0. The Kier molecular flexibility index (Phi) is 8.60. The van der Waals surface area contributed by atoms with Gasteiger partial charge in [0, 0.05) is 13.0 Å². The lowest BCUT2D eigenvalue weighted by Crippen LogP contribution is -2.58. The van der Waals surface area contributed by atoms with E-state index in [0.29, 0.717) is 48.5 Å². The van der Waals surface area contributed by atoms with Crippen LogP contribution in [0.5, 0.6) is 0 Å². The summed E-state index contributed by atoms with van der Waals surface area (Å²) < 4.78 is 5.53. The zero-order valence-electron chi connectivity index (χ0n) is 23.2. The summed E-state index contributed by atoms with van der Waals surface area (Å²) in [6.45, 7) is 14.7. The van der Waals surface area contributed by atoms with Crippen molar-refractivity contribution in [2.75, 3.05) is 26.2 Å². The fraction of sp³-hybridized carbons (Fsp3) is 0.967.